The lowest BCUT2D eigenvalue weighted by atomic mass is 9.72. The minimum atomic E-state index is -2.13. The van der Waals surface area contributed by atoms with Crippen molar-refractivity contribution < 1.29 is 22.3 Å². The van der Waals surface area contributed by atoms with Crippen molar-refractivity contribution in [3.8, 4) is 5.75 Å². The first-order valence-corrected chi connectivity index (χ1v) is 14.1. The van der Waals surface area contributed by atoms with Crippen molar-refractivity contribution >= 4 is 8.80 Å². The van der Waals surface area contributed by atoms with Gasteiger partial charge in [-0.05, 0) is 61.1 Å². The summed E-state index contributed by atoms with van der Waals surface area (Å²) in [7, 11) is -0.487. The third-order valence-electron chi connectivity index (χ3n) is 7.30. The van der Waals surface area contributed by atoms with Crippen LogP contribution in [0.1, 0.15) is 76.2 Å². The summed E-state index contributed by atoms with van der Waals surface area (Å²) in [4.78, 5) is 0. The molecule has 3 rings (SSSR count). The van der Waals surface area contributed by atoms with Gasteiger partial charge >= 0.3 is 6.08 Å². The van der Waals surface area contributed by atoms with E-state index in [4.69, 9.17) is 0 Å². The van der Waals surface area contributed by atoms with Crippen LogP contribution >= 0.6 is 0 Å². The maximum absolute atomic E-state index is 14.2. The third-order valence-corrected chi connectivity index (χ3v) is 10.8. The standard InChI is InChI=1S/C24H34F4OSi/c1-2-3-4-11-30-12-9-19(10-13-30)17-5-7-18(8-6-17)20-14-21(25)24(22(26)15-20)29-16-23(27)28/h14-19,30H,2-13H2,1H3/t17-,18-,19?,30?. The molecule has 0 atom stereocenters. The molecule has 2 fully saturated rings. The zero-order valence-electron chi connectivity index (χ0n) is 17.9. The van der Waals surface area contributed by atoms with Gasteiger partial charge in [0.1, 0.15) is 0 Å². The number of benzene rings is 1. The Labute approximate surface area is 179 Å². The van der Waals surface area contributed by atoms with Crippen LogP contribution in [0.2, 0.25) is 18.1 Å². The van der Waals surface area contributed by atoms with E-state index in [-0.39, 0.29) is 12.2 Å². The molecular weight excluding hydrogens is 408 g/mol. The van der Waals surface area contributed by atoms with Crippen LogP contribution in [0.25, 0.3) is 0 Å². The highest BCUT2D eigenvalue weighted by Crippen LogP contribution is 2.44. The maximum atomic E-state index is 14.2. The minimum absolute atomic E-state index is 0.0633. The van der Waals surface area contributed by atoms with Crippen molar-refractivity contribution in [1.29, 1.82) is 0 Å². The Kier molecular flexibility index (Phi) is 8.84. The van der Waals surface area contributed by atoms with Crippen molar-refractivity contribution in [2.75, 3.05) is 0 Å². The predicted molar refractivity (Wildman–Crippen MR) is 116 cm³/mol. The van der Waals surface area contributed by atoms with Gasteiger partial charge in [-0.2, -0.15) is 8.78 Å². The molecule has 168 valence electrons. The van der Waals surface area contributed by atoms with Crippen LogP contribution in [-0.4, -0.2) is 8.80 Å². The van der Waals surface area contributed by atoms with Crippen LogP contribution in [0.3, 0.4) is 0 Å². The van der Waals surface area contributed by atoms with Crippen molar-refractivity contribution in [2.45, 2.75) is 88.8 Å². The zero-order chi connectivity index (χ0) is 21.5. The second kappa shape index (κ2) is 11.4. The molecule has 0 unspecified atom stereocenters. The summed E-state index contributed by atoms with van der Waals surface area (Å²) in [5, 5.41) is 0. The summed E-state index contributed by atoms with van der Waals surface area (Å²) >= 11 is 0. The molecule has 1 nitrogen and oxygen atoms in total. The fourth-order valence-electron chi connectivity index (χ4n) is 5.59. The van der Waals surface area contributed by atoms with Crippen LogP contribution in [0.5, 0.6) is 5.75 Å². The largest absolute Gasteiger partial charge is 0.453 e. The molecule has 1 saturated carbocycles. The molecule has 0 spiro atoms. The molecular formula is C24H34F4OSi. The number of hydrogen-bond acceptors (Lipinski definition) is 1. The number of unbranched alkanes of at least 4 members (excludes halogenated alkanes) is 2. The van der Waals surface area contributed by atoms with E-state index in [9.17, 15) is 17.6 Å². The highest BCUT2D eigenvalue weighted by molar-refractivity contribution is 6.58. The van der Waals surface area contributed by atoms with E-state index in [0.29, 0.717) is 5.56 Å². The fraction of sp³-hybridized carbons (Fsp3) is 0.667. The lowest BCUT2D eigenvalue weighted by Crippen LogP contribution is -2.28. The molecule has 0 amide bonds. The van der Waals surface area contributed by atoms with E-state index in [1.165, 1.54) is 62.4 Å². The quantitative estimate of drug-likeness (QED) is 0.171. The Bertz CT molecular complexity index is 680. The predicted octanol–water partition coefficient (Wildman–Crippen LogP) is 8.18. The van der Waals surface area contributed by atoms with Gasteiger partial charge < -0.3 is 4.74 Å². The molecule has 1 aromatic rings. The van der Waals surface area contributed by atoms with Gasteiger partial charge in [0.2, 0.25) is 0 Å². The van der Waals surface area contributed by atoms with Crippen LogP contribution in [0.4, 0.5) is 17.6 Å². The van der Waals surface area contributed by atoms with Crippen molar-refractivity contribution in [3.63, 3.8) is 0 Å². The molecule has 0 radical (unpaired) electrons. The smallest absolute Gasteiger partial charge is 0.305 e. The van der Waals surface area contributed by atoms with Gasteiger partial charge in [0, 0.05) is 8.80 Å². The molecule has 0 N–H and O–H groups in total. The highest BCUT2D eigenvalue weighted by atomic mass is 28.3. The van der Waals surface area contributed by atoms with Gasteiger partial charge in [-0.3, -0.25) is 0 Å². The monoisotopic (exact) mass is 442 g/mol. The zero-order valence-corrected chi connectivity index (χ0v) is 19.1. The number of ether oxygens (including phenoxy) is 1. The van der Waals surface area contributed by atoms with Crippen LogP contribution in [0.15, 0.2) is 24.5 Å². The molecule has 1 aliphatic carbocycles. The van der Waals surface area contributed by atoms with Gasteiger partial charge in [0.15, 0.2) is 23.6 Å². The molecule has 2 aliphatic rings. The van der Waals surface area contributed by atoms with Gasteiger partial charge in [0.05, 0.1) is 0 Å². The molecule has 1 heterocycles. The number of rotatable bonds is 8. The second-order valence-corrected chi connectivity index (χ2v) is 12.7. The molecule has 0 aromatic heterocycles. The Hall–Kier alpha value is -1.30. The van der Waals surface area contributed by atoms with Gasteiger partial charge in [-0.1, -0.05) is 57.2 Å². The second-order valence-electron chi connectivity index (χ2n) is 9.23. The normalized spacial score (nSPS) is 27.0. The van der Waals surface area contributed by atoms with E-state index in [1.54, 1.807) is 0 Å². The van der Waals surface area contributed by atoms with Crippen molar-refractivity contribution in [2.24, 2.45) is 11.8 Å². The molecule has 1 saturated heterocycles. The molecule has 1 aromatic carbocycles. The fourth-order valence-corrected chi connectivity index (χ4v) is 9.12. The van der Waals surface area contributed by atoms with Gasteiger partial charge in [-0.15, -0.1) is 0 Å². The topological polar surface area (TPSA) is 9.23 Å². The van der Waals surface area contributed by atoms with E-state index in [1.807, 2.05) is 0 Å². The van der Waals surface area contributed by atoms with E-state index in [2.05, 4.69) is 11.7 Å². The average molecular weight is 443 g/mol. The van der Waals surface area contributed by atoms with Crippen molar-refractivity contribution in [1.82, 2.24) is 0 Å². The summed E-state index contributed by atoms with van der Waals surface area (Å²) in [5.41, 5.74) is 0.618. The highest BCUT2D eigenvalue weighted by Gasteiger charge is 2.32. The third kappa shape index (κ3) is 6.35. The van der Waals surface area contributed by atoms with Crippen LogP contribution in [0, 0.1) is 23.5 Å². The lowest BCUT2D eigenvalue weighted by molar-refractivity contribution is 0.216. The summed E-state index contributed by atoms with van der Waals surface area (Å²) < 4.78 is 57.1. The van der Waals surface area contributed by atoms with Crippen molar-refractivity contribution in [3.05, 3.63) is 41.7 Å². The summed E-state index contributed by atoms with van der Waals surface area (Å²) in [6, 6.07) is 7.03. The Morgan fingerprint density at radius 3 is 2.13 bits per heavy atom. The molecule has 6 heteroatoms. The summed E-state index contributed by atoms with van der Waals surface area (Å²) in [6.07, 6.45) is 8.97. The number of halogens is 4. The summed E-state index contributed by atoms with van der Waals surface area (Å²) in [5.74, 6) is -0.881. The van der Waals surface area contributed by atoms with Gasteiger partial charge in [-0.25, -0.2) is 8.78 Å². The molecule has 1 aliphatic heterocycles. The summed E-state index contributed by atoms with van der Waals surface area (Å²) in [6.45, 7) is 2.27. The first-order chi connectivity index (χ1) is 14.5. The Balaban J connectivity index is 1.49. The van der Waals surface area contributed by atoms with E-state index < -0.39 is 32.3 Å². The molecule has 30 heavy (non-hydrogen) atoms. The minimum Gasteiger partial charge on any atom is -0.453 e. The first-order valence-electron chi connectivity index (χ1n) is 11.6. The lowest BCUT2D eigenvalue weighted by Gasteiger charge is -2.37. The SMILES string of the molecule is CCCCC[SiH]1CCC([C@H]2CC[C@H](c3cc(F)c(OC=C(F)F)c(F)c3)CC2)CC1. The Morgan fingerprint density at radius 1 is 0.967 bits per heavy atom. The maximum Gasteiger partial charge on any atom is 0.305 e. The Morgan fingerprint density at radius 2 is 1.57 bits per heavy atom. The van der Waals surface area contributed by atoms with Crippen LogP contribution in [-0.2, 0) is 0 Å². The molecule has 0 bridgehead atoms. The average Bonchev–Trinajstić information content (AvgIpc) is 2.74. The first kappa shape index (κ1) is 23.4. The van der Waals surface area contributed by atoms with E-state index in [0.717, 1.165) is 37.5 Å². The van der Waals surface area contributed by atoms with E-state index >= 15 is 0 Å². The van der Waals surface area contributed by atoms with Crippen LogP contribution < -0.4 is 4.74 Å². The number of hydrogen-bond donors (Lipinski definition) is 0. The van der Waals surface area contributed by atoms with Gasteiger partial charge in [0.25, 0.3) is 0 Å².